The fourth-order valence-corrected chi connectivity index (χ4v) is 3.64. The van der Waals surface area contributed by atoms with Gasteiger partial charge in [-0.05, 0) is 57.3 Å². The number of nitrogens with zero attached hydrogens (tertiary/aromatic N) is 2. The lowest BCUT2D eigenvalue weighted by Crippen LogP contribution is -2.47. The Labute approximate surface area is 184 Å². The number of likely N-dealkylation sites (tertiary alicyclic amines) is 1. The fraction of sp³-hybridized carbons (Fsp3) is 0.952. The molecule has 2 rings (SSSR count). The second kappa shape index (κ2) is 13.2. The maximum atomic E-state index is 6.13. The van der Waals surface area contributed by atoms with Gasteiger partial charge in [-0.25, -0.2) is 0 Å². The van der Waals surface area contributed by atoms with Crippen molar-refractivity contribution in [3.05, 3.63) is 0 Å². The smallest absolute Gasteiger partial charge is 0.193 e. The molecule has 2 fully saturated rings. The van der Waals surface area contributed by atoms with Gasteiger partial charge < -0.3 is 19.7 Å². The van der Waals surface area contributed by atoms with Crippen LogP contribution >= 0.6 is 24.0 Å². The lowest BCUT2D eigenvalue weighted by atomic mass is 9.91. The third-order valence-corrected chi connectivity index (χ3v) is 5.21. The summed E-state index contributed by atoms with van der Waals surface area (Å²) in [5.74, 6) is 1.08. The summed E-state index contributed by atoms with van der Waals surface area (Å²) in [6.45, 7) is 14.6. The highest BCUT2D eigenvalue weighted by Crippen LogP contribution is 2.21. The van der Waals surface area contributed by atoms with Crippen LogP contribution in [0.1, 0.15) is 72.6 Å². The Morgan fingerprint density at radius 1 is 1.19 bits per heavy atom. The van der Waals surface area contributed by atoms with Crippen molar-refractivity contribution in [1.82, 2.24) is 10.2 Å². The molecule has 0 radical (unpaired) electrons. The summed E-state index contributed by atoms with van der Waals surface area (Å²) in [5, 5.41) is 3.46. The van der Waals surface area contributed by atoms with Crippen LogP contribution in [-0.4, -0.2) is 62.5 Å². The van der Waals surface area contributed by atoms with E-state index >= 15 is 0 Å². The average Bonchev–Trinajstić information content (AvgIpc) is 2.63. The molecule has 1 atom stereocenters. The number of guanidine groups is 1. The molecule has 2 aliphatic heterocycles. The monoisotopic (exact) mass is 495 g/mol. The maximum absolute atomic E-state index is 6.13. The van der Waals surface area contributed by atoms with Crippen molar-refractivity contribution in [3.8, 4) is 0 Å². The molecule has 2 aliphatic rings. The summed E-state index contributed by atoms with van der Waals surface area (Å²) in [6.07, 6.45) is 8.88. The minimum atomic E-state index is 0. The molecule has 1 N–H and O–H groups in total. The van der Waals surface area contributed by atoms with Crippen molar-refractivity contribution >= 4 is 29.9 Å². The van der Waals surface area contributed by atoms with Gasteiger partial charge in [0.2, 0.25) is 0 Å². The zero-order chi connectivity index (χ0) is 18.8. The van der Waals surface area contributed by atoms with Crippen LogP contribution in [0.15, 0.2) is 4.99 Å². The number of hydrogen-bond donors (Lipinski definition) is 1. The molecule has 6 heteroatoms. The van der Waals surface area contributed by atoms with Crippen molar-refractivity contribution in [2.75, 3.05) is 39.4 Å². The third-order valence-electron chi connectivity index (χ3n) is 5.21. The van der Waals surface area contributed by atoms with E-state index in [2.05, 4.69) is 37.9 Å². The number of nitrogens with one attached hydrogen (secondary N) is 1. The van der Waals surface area contributed by atoms with Gasteiger partial charge >= 0.3 is 0 Å². The molecule has 2 saturated heterocycles. The van der Waals surface area contributed by atoms with Gasteiger partial charge in [-0.2, -0.15) is 0 Å². The Kier molecular flexibility index (Phi) is 12.2. The van der Waals surface area contributed by atoms with E-state index in [0.717, 1.165) is 71.0 Å². The molecule has 2 heterocycles. The average molecular weight is 495 g/mol. The molecule has 0 bridgehead atoms. The van der Waals surface area contributed by atoms with E-state index in [1.807, 2.05) is 0 Å². The van der Waals surface area contributed by atoms with Gasteiger partial charge in [-0.3, -0.25) is 4.99 Å². The Morgan fingerprint density at radius 2 is 1.93 bits per heavy atom. The molecule has 1 unspecified atom stereocenters. The summed E-state index contributed by atoms with van der Waals surface area (Å²) in [6, 6.07) is 0. The van der Waals surface area contributed by atoms with Crippen molar-refractivity contribution in [2.24, 2.45) is 10.4 Å². The van der Waals surface area contributed by atoms with E-state index < -0.39 is 0 Å². The lowest BCUT2D eigenvalue weighted by Gasteiger charge is -2.35. The molecule has 0 aliphatic carbocycles. The Hall–Kier alpha value is -0.0800. The molecule has 160 valence electrons. The van der Waals surface area contributed by atoms with Gasteiger partial charge in [-0.15, -0.1) is 24.0 Å². The first kappa shape index (κ1) is 25.0. The SMILES string of the molecule is CCNC(=NCCCC(C)(C)C)N1CCC(OCC2CCCCO2)CC1.I. The number of piperidine rings is 1. The summed E-state index contributed by atoms with van der Waals surface area (Å²) < 4.78 is 11.9. The third kappa shape index (κ3) is 10.3. The van der Waals surface area contributed by atoms with Crippen molar-refractivity contribution in [2.45, 2.75) is 84.8 Å². The van der Waals surface area contributed by atoms with Gasteiger partial charge in [0.25, 0.3) is 0 Å². The van der Waals surface area contributed by atoms with Crippen molar-refractivity contribution in [3.63, 3.8) is 0 Å². The predicted octanol–water partition coefficient (Wildman–Crippen LogP) is 4.45. The van der Waals surface area contributed by atoms with Crippen molar-refractivity contribution < 1.29 is 9.47 Å². The highest BCUT2D eigenvalue weighted by atomic mass is 127. The number of aliphatic imine (C=N–C) groups is 1. The number of rotatable bonds is 7. The zero-order valence-corrected chi connectivity index (χ0v) is 20.3. The van der Waals surface area contributed by atoms with E-state index in [4.69, 9.17) is 14.5 Å². The van der Waals surface area contributed by atoms with Crippen LogP contribution in [0.25, 0.3) is 0 Å². The van der Waals surface area contributed by atoms with Gasteiger partial charge in [0, 0.05) is 32.8 Å². The van der Waals surface area contributed by atoms with E-state index in [0.29, 0.717) is 17.6 Å². The van der Waals surface area contributed by atoms with Crippen LogP contribution in [0, 0.1) is 5.41 Å². The van der Waals surface area contributed by atoms with E-state index in [9.17, 15) is 0 Å². The Morgan fingerprint density at radius 3 is 2.52 bits per heavy atom. The summed E-state index contributed by atoms with van der Waals surface area (Å²) >= 11 is 0. The summed E-state index contributed by atoms with van der Waals surface area (Å²) in [7, 11) is 0. The van der Waals surface area contributed by atoms with Gasteiger partial charge in [0.1, 0.15) is 0 Å². The van der Waals surface area contributed by atoms with E-state index in [1.54, 1.807) is 0 Å². The summed E-state index contributed by atoms with van der Waals surface area (Å²) in [4.78, 5) is 7.26. The molecule has 0 amide bonds. The largest absolute Gasteiger partial charge is 0.376 e. The quantitative estimate of drug-likeness (QED) is 0.246. The minimum Gasteiger partial charge on any atom is -0.376 e. The highest BCUT2D eigenvalue weighted by Gasteiger charge is 2.23. The van der Waals surface area contributed by atoms with E-state index in [1.165, 1.54) is 19.3 Å². The number of ether oxygens (including phenoxy) is 2. The summed E-state index contributed by atoms with van der Waals surface area (Å²) in [5.41, 5.74) is 0.394. The van der Waals surface area contributed by atoms with Crippen LogP contribution in [0.4, 0.5) is 0 Å². The topological polar surface area (TPSA) is 46.1 Å². The first-order valence-electron chi connectivity index (χ1n) is 10.7. The zero-order valence-electron chi connectivity index (χ0n) is 18.0. The molecule has 0 aromatic carbocycles. The minimum absolute atomic E-state index is 0. The van der Waals surface area contributed by atoms with Gasteiger partial charge in [-0.1, -0.05) is 20.8 Å². The molecular formula is C21H42IN3O2. The van der Waals surface area contributed by atoms with Crippen molar-refractivity contribution in [1.29, 1.82) is 0 Å². The molecule has 0 spiro atoms. The first-order valence-corrected chi connectivity index (χ1v) is 10.7. The van der Waals surface area contributed by atoms with Crippen LogP contribution < -0.4 is 5.32 Å². The van der Waals surface area contributed by atoms with Crippen LogP contribution in [0.2, 0.25) is 0 Å². The Bertz CT molecular complexity index is 412. The maximum Gasteiger partial charge on any atom is 0.193 e. The standard InChI is InChI=1S/C21H41N3O2.HI/c1-5-22-20(23-13-8-12-21(2,3)4)24-14-10-18(11-15-24)26-17-19-9-6-7-16-25-19;/h18-19H,5-17H2,1-4H3,(H,22,23);1H. The molecule has 27 heavy (non-hydrogen) atoms. The van der Waals surface area contributed by atoms with Crippen LogP contribution in [0.5, 0.6) is 0 Å². The number of halogens is 1. The first-order chi connectivity index (χ1) is 12.5. The number of hydrogen-bond acceptors (Lipinski definition) is 3. The molecule has 5 nitrogen and oxygen atoms in total. The molecule has 0 aromatic rings. The van der Waals surface area contributed by atoms with Gasteiger partial charge in [0.15, 0.2) is 5.96 Å². The predicted molar refractivity (Wildman–Crippen MR) is 124 cm³/mol. The Balaban J connectivity index is 0.00000364. The fourth-order valence-electron chi connectivity index (χ4n) is 3.64. The van der Waals surface area contributed by atoms with E-state index in [-0.39, 0.29) is 24.0 Å². The normalized spacial score (nSPS) is 22.4. The van der Waals surface area contributed by atoms with Crippen LogP contribution in [-0.2, 0) is 9.47 Å². The van der Waals surface area contributed by atoms with Crippen LogP contribution in [0.3, 0.4) is 0 Å². The lowest BCUT2D eigenvalue weighted by molar-refractivity contribution is -0.0721. The second-order valence-corrected chi connectivity index (χ2v) is 8.91. The molecular weight excluding hydrogens is 453 g/mol. The molecule has 0 saturated carbocycles. The second-order valence-electron chi connectivity index (χ2n) is 8.91. The van der Waals surface area contributed by atoms with Gasteiger partial charge in [0.05, 0.1) is 18.8 Å². The highest BCUT2D eigenvalue weighted by molar-refractivity contribution is 14.0. The molecule has 0 aromatic heterocycles.